The van der Waals surface area contributed by atoms with Crippen molar-refractivity contribution < 1.29 is 4.74 Å². The van der Waals surface area contributed by atoms with Crippen molar-refractivity contribution in [3.63, 3.8) is 0 Å². The van der Waals surface area contributed by atoms with Gasteiger partial charge in [-0.05, 0) is 44.0 Å². The van der Waals surface area contributed by atoms with Crippen molar-refractivity contribution in [1.29, 1.82) is 0 Å². The summed E-state index contributed by atoms with van der Waals surface area (Å²) in [6.45, 7) is 7.34. The predicted molar refractivity (Wildman–Crippen MR) is 84.6 cm³/mol. The largest absolute Gasteiger partial charge is 0.480 e. The highest BCUT2D eigenvalue weighted by atomic mass is 16.5. The Kier molecular flexibility index (Phi) is 5.28. The molecule has 1 unspecified atom stereocenters. The Bertz CT molecular complexity index is 581. The molecule has 4 heteroatoms. The smallest absolute Gasteiger partial charge is 0.233 e. The Morgan fingerprint density at radius 1 is 1.14 bits per heavy atom. The predicted octanol–water partition coefficient (Wildman–Crippen LogP) is 3.19. The van der Waals surface area contributed by atoms with Gasteiger partial charge in [0, 0.05) is 6.07 Å². The minimum atomic E-state index is 0.0586. The van der Waals surface area contributed by atoms with Crippen molar-refractivity contribution in [2.45, 2.75) is 33.2 Å². The molecule has 0 fully saturated rings. The van der Waals surface area contributed by atoms with E-state index >= 15 is 0 Å². The van der Waals surface area contributed by atoms with E-state index in [2.05, 4.69) is 54.5 Å². The lowest BCUT2D eigenvalue weighted by Gasteiger charge is -2.20. The SMILES string of the molecule is CCCNC(c1ccc(OC)nn1)c1cc(C)ccc1C. The minimum absolute atomic E-state index is 0.0586. The molecule has 1 heterocycles. The van der Waals surface area contributed by atoms with Crippen LogP contribution in [0.2, 0.25) is 0 Å². The van der Waals surface area contributed by atoms with E-state index in [1.807, 2.05) is 12.1 Å². The number of nitrogens with one attached hydrogen (secondary N) is 1. The fourth-order valence-electron chi connectivity index (χ4n) is 2.33. The molecule has 112 valence electrons. The number of rotatable bonds is 6. The van der Waals surface area contributed by atoms with Crippen LogP contribution in [0, 0.1) is 13.8 Å². The van der Waals surface area contributed by atoms with E-state index in [1.54, 1.807) is 7.11 Å². The van der Waals surface area contributed by atoms with Crippen LogP contribution in [-0.4, -0.2) is 23.9 Å². The monoisotopic (exact) mass is 285 g/mol. The molecule has 2 rings (SSSR count). The molecular weight excluding hydrogens is 262 g/mol. The first-order chi connectivity index (χ1) is 10.2. The highest BCUT2D eigenvalue weighted by Gasteiger charge is 2.17. The number of nitrogens with zero attached hydrogens (tertiary/aromatic N) is 2. The van der Waals surface area contributed by atoms with E-state index in [-0.39, 0.29) is 6.04 Å². The van der Waals surface area contributed by atoms with Gasteiger partial charge in [0.15, 0.2) is 0 Å². The first kappa shape index (κ1) is 15.4. The number of aromatic nitrogens is 2. The molecule has 0 radical (unpaired) electrons. The van der Waals surface area contributed by atoms with Crippen molar-refractivity contribution in [3.05, 3.63) is 52.7 Å². The third-order valence-corrected chi connectivity index (χ3v) is 3.51. The minimum Gasteiger partial charge on any atom is -0.480 e. The molecule has 0 aliphatic rings. The van der Waals surface area contributed by atoms with Gasteiger partial charge in [-0.3, -0.25) is 0 Å². The molecule has 1 atom stereocenters. The van der Waals surface area contributed by atoms with Gasteiger partial charge >= 0.3 is 0 Å². The van der Waals surface area contributed by atoms with Gasteiger partial charge in [0.1, 0.15) is 0 Å². The second-order valence-corrected chi connectivity index (χ2v) is 5.25. The zero-order valence-corrected chi connectivity index (χ0v) is 13.2. The van der Waals surface area contributed by atoms with Crippen LogP contribution in [0.15, 0.2) is 30.3 Å². The summed E-state index contributed by atoms with van der Waals surface area (Å²) >= 11 is 0. The summed E-state index contributed by atoms with van der Waals surface area (Å²) in [4.78, 5) is 0. The summed E-state index contributed by atoms with van der Waals surface area (Å²) < 4.78 is 5.08. The molecule has 0 saturated carbocycles. The van der Waals surface area contributed by atoms with Crippen LogP contribution in [-0.2, 0) is 0 Å². The second-order valence-electron chi connectivity index (χ2n) is 5.25. The maximum atomic E-state index is 5.08. The fraction of sp³-hybridized carbons (Fsp3) is 0.412. The normalized spacial score (nSPS) is 12.2. The maximum absolute atomic E-state index is 5.08. The molecule has 1 aromatic heterocycles. The fourth-order valence-corrected chi connectivity index (χ4v) is 2.33. The van der Waals surface area contributed by atoms with Gasteiger partial charge in [0.05, 0.1) is 18.8 Å². The summed E-state index contributed by atoms with van der Waals surface area (Å²) in [6, 6.07) is 10.4. The number of aryl methyl sites for hydroxylation is 2. The standard InChI is InChI=1S/C17H23N3O/c1-5-10-18-17(14-11-12(2)6-7-13(14)3)15-8-9-16(21-4)20-19-15/h6-9,11,17-18H,5,10H2,1-4H3. The third kappa shape index (κ3) is 3.79. The van der Waals surface area contributed by atoms with E-state index < -0.39 is 0 Å². The van der Waals surface area contributed by atoms with E-state index in [1.165, 1.54) is 16.7 Å². The Morgan fingerprint density at radius 2 is 1.95 bits per heavy atom. The molecule has 0 spiro atoms. The molecule has 0 aliphatic heterocycles. The molecule has 1 aromatic carbocycles. The van der Waals surface area contributed by atoms with Crippen LogP contribution >= 0.6 is 0 Å². The number of ether oxygens (including phenoxy) is 1. The highest BCUT2D eigenvalue weighted by Crippen LogP contribution is 2.25. The average molecular weight is 285 g/mol. The maximum Gasteiger partial charge on any atom is 0.233 e. The van der Waals surface area contributed by atoms with E-state index in [0.29, 0.717) is 5.88 Å². The van der Waals surface area contributed by atoms with Gasteiger partial charge in [-0.25, -0.2) is 0 Å². The topological polar surface area (TPSA) is 47.0 Å². The molecule has 0 saturated heterocycles. The molecule has 1 N–H and O–H groups in total. The van der Waals surface area contributed by atoms with E-state index in [0.717, 1.165) is 18.7 Å². The number of hydrogen-bond acceptors (Lipinski definition) is 4. The van der Waals surface area contributed by atoms with Gasteiger partial charge in [-0.15, -0.1) is 10.2 Å². The van der Waals surface area contributed by atoms with Gasteiger partial charge in [-0.2, -0.15) is 0 Å². The van der Waals surface area contributed by atoms with Crippen molar-refractivity contribution in [2.75, 3.05) is 13.7 Å². The Labute approximate surface area is 126 Å². The lowest BCUT2D eigenvalue weighted by atomic mass is 9.96. The van der Waals surface area contributed by atoms with Crippen LogP contribution in [0.3, 0.4) is 0 Å². The summed E-state index contributed by atoms with van der Waals surface area (Å²) in [5.41, 5.74) is 4.67. The van der Waals surface area contributed by atoms with Crippen molar-refractivity contribution in [3.8, 4) is 5.88 Å². The highest BCUT2D eigenvalue weighted by molar-refractivity contribution is 5.37. The van der Waals surface area contributed by atoms with Crippen LogP contribution in [0.1, 0.15) is 41.8 Å². The summed E-state index contributed by atoms with van der Waals surface area (Å²) in [7, 11) is 1.60. The van der Waals surface area contributed by atoms with E-state index in [4.69, 9.17) is 4.74 Å². The molecular formula is C17H23N3O. The number of benzene rings is 1. The van der Waals surface area contributed by atoms with Crippen LogP contribution in [0.5, 0.6) is 5.88 Å². The van der Waals surface area contributed by atoms with Crippen molar-refractivity contribution >= 4 is 0 Å². The van der Waals surface area contributed by atoms with Gasteiger partial charge in [0.25, 0.3) is 0 Å². The van der Waals surface area contributed by atoms with E-state index in [9.17, 15) is 0 Å². The number of methoxy groups -OCH3 is 1. The number of hydrogen-bond donors (Lipinski definition) is 1. The molecule has 2 aromatic rings. The van der Waals surface area contributed by atoms with Crippen LogP contribution in [0.4, 0.5) is 0 Å². The van der Waals surface area contributed by atoms with Crippen LogP contribution in [0.25, 0.3) is 0 Å². The van der Waals surface area contributed by atoms with Crippen molar-refractivity contribution in [1.82, 2.24) is 15.5 Å². The summed E-state index contributed by atoms with van der Waals surface area (Å²) in [5.74, 6) is 0.536. The van der Waals surface area contributed by atoms with Gasteiger partial charge < -0.3 is 10.1 Å². The Hall–Kier alpha value is -1.94. The first-order valence-electron chi connectivity index (χ1n) is 7.33. The Balaban J connectivity index is 2.38. The quantitative estimate of drug-likeness (QED) is 0.885. The van der Waals surface area contributed by atoms with Crippen molar-refractivity contribution in [2.24, 2.45) is 0 Å². The average Bonchev–Trinajstić information content (AvgIpc) is 2.51. The lowest BCUT2D eigenvalue weighted by Crippen LogP contribution is -2.25. The molecule has 21 heavy (non-hydrogen) atoms. The lowest BCUT2D eigenvalue weighted by molar-refractivity contribution is 0.390. The molecule has 0 amide bonds. The molecule has 0 aliphatic carbocycles. The van der Waals surface area contributed by atoms with Gasteiger partial charge in [0.2, 0.25) is 5.88 Å². The summed E-state index contributed by atoms with van der Waals surface area (Å²) in [5, 5.41) is 12.0. The third-order valence-electron chi connectivity index (χ3n) is 3.51. The molecule has 0 bridgehead atoms. The zero-order chi connectivity index (χ0) is 15.2. The van der Waals surface area contributed by atoms with Gasteiger partial charge in [-0.1, -0.05) is 30.7 Å². The first-order valence-corrected chi connectivity index (χ1v) is 7.33. The second kappa shape index (κ2) is 7.18. The zero-order valence-electron chi connectivity index (χ0n) is 13.2. The summed E-state index contributed by atoms with van der Waals surface area (Å²) in [6.07, 6.45) is 1.07. The Morgan fingerprint density at radius 3 is 2.57 bits per heavy atom. The van der Waals surface area contributed by atoms with Crippen LogP contribution < -0.4 is 10.1 Å². The molecule has 4 nitrogen and oxygen atoms in total.